The summed E-state index contributed by atoms with van der Waals surface area (Å²) in [7, 11) is 2.73. The molecule has 0 aromatic carbocycles. The van der Waals surface area contributed by atoms with E-state index in [4.69, 9.17) is 9.47 Å². The number of esters is 2. The Morgan fingerprint density at radius 1 is 1.04 bits per heavy atom. The van der Waals surface area contributed by atoms with Crippen molar-refractivity contribution in [2.45, 2.75) is 59.3 Å². The van der Waals surface area contributed by atoms with Gasteiger partial charge in [0.15, 0.2) is 0 Å². The van der Waals surface area contributed by atoms with Crippen LogP contribution < -0.4 is 0 Å². The SMILES string of the molecule is COC(=O)[C@@H]1CC=C(CCC=C(C)CCC=C(C)C)C[C@H]1C(=O)OC. The first-order valence-corrected chi connectivity index (χ1v) is 9.01. The number of carbonyl (C=O) groups is 2. The fraction of sp³-hybridized carbons (Fsp3) is 0.619. The van der Waals surface area contributed by atoms with Gasteiger partial charge < -0.3 is 9.47 Å². The van der Waals surface area contributed by atoms with Crippen molar-refractivity contribution in [3.05, 3.63) is 34.9 Å². The molecule has 1 aliphatic carbocycles. The summed E-state index contributed by atoms with van der Waals surface area (Å²) in [4.78, 5) is 23.9. The average molecular weight is 348 g/mol. The normalized spacial score (nSPS) is 20.5. The Morgan fingerprint density at radius 3 is 2.28 bits per heavy atom. The van der Waals surface area contributed by atoms with Crippen molar-refractivity contribution >= 4 is 11.9 Å². The van der Waals surface area contributed by atoms with Gasteiger partial charge in [0.05, 0.1) is 26.1 Å². The van der Waals surface area contributed by atoms with E-state index in [0.29, 0.717) is 12.8 Å². The summed E-state index contributed by atoms with van der Waals surface area (Å²) in [6, 6.07) is 0. The summed E-state index contributed by atoms with van der Waals surface area (Å²) in [6.07, 6.45) is 11.8. The highest BCUT2D eigenvalue weighted by atomic mass is 16.5. The van der Waals surface area contributed by atoms with Crippen molar-refractivity contribution < 1.29 is 19.1 Å². The van der Waals surface area contributed by atoms with Crippen LogP contribution in [0.4, 0.5) is 0 Å². The predicted octanol–water partition coefficient (Wildman–Crippen LogP) is 4.76. The molecule has 0 saturated carbocycles. The van der Waals surface area contributed by atoms with Crippen LogP contribution in [0.2, 0.25) is 0 Å². The number of carbonyl (C=O) groups excluding carboxylic acids is 2. The van der Waals surface area contributed by atoms with Gasteiger partial charge in [0.25, 0.3) is 0 Å². The lowest BCUT2D eigenvalue weighted by atomic mass is 9.78. The van der Waals surface area contributed by atoms with Crippen LogP contribution >= 0.6 is 0 Å². The third-order valence-electron chi connectivity index (χ3n) is 4.69. The lowest BCUT2D eigenvalue weighted by molar-refractivity contribution is -0.157. The van der Waals surface area contributed by atoms with Crippen LogP contribution in [0.1, 0.15) is 59.3 Å². The lowest BCUT2D eigenvalue weighted by Crippen LogP contribution is -2.33. The molecule has 4 heteroatoms. The molecule has 0 spiro atoms. The van der Waals surface area contributed by atoms with Gasteiger partial charge in [0.2, 0.25) is 0 Å². The van der Waals surface area contributed by atoms with E-state index in [0.717, 1.165) is 25.7 Å². The highest BCUT2D eigenvalue weighted by Gasteiger charge is 2.37. The summed E-state index contributed by atoms with van der Waals surface area (Å²) in [6.45, 7) is 6.40. The second-order valence-electron chi connectivity index (χ2n) is 6.97. The molecule has 25 heavy (non-hydrogen) atoms. The first-order valence-electron chi connectivity index (χ1n) is 9.01. The molecule has 0 radical (unpaired) electrons. The zero-order chi connectivity index (χ0) is 18.8. The summed E-state index contributed by atoms with van der Waals surface area (Å²) >= 11 is 0. The van der Waals surface area contributed by atoms with E-state index in [1.807, 2.05) is 0 Å². The zero-order valence-corrected chi connectivity index (χ0v) is 16.3. The molecular formula is C21H32O4. The van der Waals surface area contributed by atoms with Crippen molar-refractivity contribution in [2.24, 2.45) is 11.8 Å². The van der Waals surface area contributed by atoms with Crippen LogP contribution in [0.25, 0.3) is 0 Å². The topological polar surface area (TPSA) is 52.6 Å². The second kappa shape index (κ2) is 10.9. The van der Waals surface area contributed by atoms with E-state index < -0.39 is 11.8 Å². The van der Waals surface area contributed by atoms with Crippen LogP contribution in [0, 0.1) is 11.8 Å². The summed E-state index contributed by atoms with van der Waals surface area (Å²) in [5, 5.41) is 0. The molecule has 0 unspecified atom stereocenters. The van der Waals surface area contributed by atoms with Gasteiger partial charge in [0, 0.05) is 0 Å². The third kappa shape index (κ3) is 7.29. The third-order valence-corrected chi connectivity index (χ3v) is 4.69. The minimum absolute atomic E-state index is 0.325. The van der Waals surface area contributed by atoms with Crippen molar-refractivity contribution in [3.63, 3.8) is 0 Å². The summed E-state index contributed by atoms with van der Waals surface area (Å²) < 4.78 is 9.70. The smallest absolute Gasteiger partial charge is 0.309 e. The van der Waals surface area contributed by atoms with Gasteiger partial charge in [-0.2, -0.15) is 0 Å². The van der Waals surface area contributed by atoms with Crippen LogP contribution in [0.5, 0.6) is 0 Å². The molecule has 4 nitrogen and oxygen atoms in total. The Balaban J connectivity index is 2.59. The maximum absolute atomic E-state index is 12.0. The van der Waals surface area contributed by atoms with E-state index in [-0.39, 0.29) is 11.9 Å². The second-order valence-corrected chi connectivity index (χ2v) is 6.97. The van der Waals surface area contributed by atoms with E-state index in [1.54, 1.807) is 0 Å². The number of rotatable bonds is 8. The first-order chi connectivity index (χ1) is 11.9. The Labute approximate surface area is 152 Å². The minimum atomic E-state index is -0.430. The monoisotopic (exact) mass is 348 g/mol. The van der Waals surface area contributed by atoms with Crippen LogP contribution in [-0.4, -0.2) is 26.2 Å². The minimum Gasteiger partial charge on any atom is -0.469 e. The van der Waals surface area contributed by atoms with E-state index >= 15 is 0 Å². The molecule has 0 fully saturated rings. The number of methoxy groups -OCH3 is 2. The van der Waals surface area contributed by atoms with Gasteiger partial charge in [-0.15, -0.1) is 0 Å². The van der Waals surface area contributed by atoms with E-state index in [1.165, 1.54) is 30.9 Å². The lowest BCUT2D eigenvalue weighted by Gasteiger charge is -2.27. The van der Waals surface area contributed by atoms with Crippen molar-refractivity contribution in [1.29, 1.82) is 0 Å². The fourth-order valence-corrected chi connectivity index (χ4v) is 3.18. The van der Waals surface area contributed by atoms with Crippen molar-refractivity contribution in [3.8, 4) is 0 Å². The van der Waals surface area contributed by atoms with Gasteiger partial charge in [-0.25, -0.2) is 0 Å². The Kier molecular flexibility index (Phi) is 9.25. The molecule has 0 aromatic rings. The van der Waals surface area contributed by atoms with Gasteiger partial charge in [-0.05, 0) is 59.3 Å². The molecule has 0 amide bonds. The van der Waals surface area contributed by atoms with Crippen molar-refractivity contribution in [2.75, 3.05) is 14.2 Å². The highest BCUT2D eigenvalue weighted by molar-refractivity contribution is 5.82. The molecule has 0 heterocycles. The Morgan fingerprint density at radius 2 is 1.68 bits per heavy atom. The molecule has 0 N–H and O–H groups in total. The molecule has 2 atom stereocenters. The Hall–Kier alpha value is -1.84. The molecule has 0 aliphatic heterocycles. The van der Waals surface area contributed by atoms with Crippen molar-refractivity contribution in [1.82, 2.24) is 0 Å². The largest absolute Gasteiger partial charge is 0.469 e. The average Bonchev–Trinajstić information content (AvgIpc) is 2.59. The molecule has 140 valence electrons. The predicted molar refractivity (Wildman–Crippen MR) is 100.0 cm³/mol. The fourth-order valence-electron chi connectivity index (χ4n) is 3.18. The van der Waals surface area contributed by atoms with E-state index in [2.05, 4.69) is 39.0 Å². The number of ether oxygens (including phenoxy) is 2. The Bertz CT molecular complexity index is 550. The molecule has 0 saturated heterocycles. The van der Waals surface area contributed by atoms with Crippen LogP contribution in [-0.2, 0) is 19.1 Å². The maximum Gasteiger partial charge on any atom is 0.309 e. The molecule has 0 bridgehead atoms. The van der Waals surface area contributed by atoms with Gasteiger partial charge >= 0.3 is 11.9 Å². The highest BCUT2D eigenvalue weighted by Crippen LogP contribution is 2.33. The van der Waals surface area contributed by atoms with E-state index in [9.17, 15) is 9.59 Å². The van der Waals surface area contributed by atoms with Gasteiger partial charge in [-0.1, -0.05) is 34.9 Å². The summed E-state index contributed by atoms with van der Waals surface area (Å²) in [5.74, 6) is -1.52. The molecular weight excluding hydrogens is 316 g/mol. The summed E-state index contributed by atoms with van der Waals surface area (Å²) in [5.41, 5.74) is 3.98. The first kappa shape index (κ1) is 21.2. The molecule has 0 aromatic heterocycles. The standard InChI is InChI=1S/C21H32O4/c1-15(2)8-6-9-16(3)10-7-11-17-12-13-18(20(22)24-4)19(14-17)21(23)25-5/h8,10,12,18-19H,6-7,9,11,13-14H2,1-5H3/t18-,19-/m1/s1. The zero-order valence-electron chi connectivity index (χ0n) is 16.3. The molecule has 1 aliphatic rings. The number of hydrogen-bond donors (Lipinski definition) is 0. The number of hydrogen-bond acceptors (Lipinski definition) is 4. The number of allylic oxidation sites excluding steroid dienone is 6. The maximum atomic E-state index is 12.0. The quantitative estimate of drug-likeness (QED) is 0.469. The van der Waals surface area contributed by atoms with Gasteiger partial charge in [0.1, 0.15) is 0 Å². The van der Waals surface area contributed by atoms with Crippen LogP contribution in [0.15, 0.2) is 34.9 Å². The van der Waals surface area contributed by atoms with Gasteiger partial charge in [-0.3, -0.25) is 9.59 Å². The molecule has 1 rings (SSSR count). The van der Waals surface area contributed by atoms with Crippen LogP contribution in [0.3, 0.4) is 0 Å².